The highest BCUT2D eigenvalue weighted by Crippen LogP contribution is 2.15. The third kappa shape index (κ3) is 3.30. The van der Waals surface area contributed by atoms with E-state index in [4.69, 9.17) is 0 Å². The number of imidazole rings is 1. The van der Waals surface area contributed by atoms with E-state index in [9.17, 15) is 4.79 Å². The van der Waals surface area contributed by atoms with Crippen LogP contribution in [0, 0.1) is 0 Å². The number of rotatable bonds is 5. The Morgan fingerprint density at radius 2 is 1.73 bits per heavy atom. The van der Waals surface area contributed by atoms with Crippen LogP contribution in [0.3, 0.4) is 0 Å². The number of para-hydroxylation sites is 1. The fourth-order valence-corrected chi connectivity index (χ4v) is 3.64. The summed E-state index contributed by atoms with van der Waals surface area (Å²) in [5, 5.41) is 0. The van der Waals surface area contributed by atoms with Crippen LogP contribution in [-0.2, 0) is 6.54 Å². The highest BCUT2D eigenvalue weighted by atomic mass is 16.1. The standard InChI is InChI=1S/C20H25N5O/c1-22-13-15-23(16-14-22)11-6-12-24-18-9-5-10-21-19(18)25(20(24)26)17-7-3-2-4-8-17/h2-5,7-10H,6,11-16H2,1H3. The number of hydrogen-bond donors (Lipinski definition) is 0. The summed E-state index contributed by atoms with van der Waals surface area (Å²) in [5.74, 6) is 0. The molecule has 3 heterocycles. The van der Waals surface area contributed by atoms with Gasteiger partial charge in [0.25, 0.3) is 0 Å². The Hall–Kier alpha value is -2.44. The highest BCUT2D eigenvalue weighted by molar-refractivity contribution is 5.73. The van der Waals surface area contributed by atoms with Gasteiger partial charge in [0.05, 0.1) is 11.2 Å². The van der Waals surface area contributed by atoms with Crippen molar-refractivity contribution in [1.29, 1.82) is 0 Å². The van der Waals surface area contributed by atoms with Crippen LogP contribution in [0.2, 0.25) is 0 Å². The second kappa shape index (κ2) is 7.43. The molecule has 0 unspecified atom stereocenters. The summed E-state index contributed by atoms with van der Waals surface area (Å²) < 4.78 is 3.58. The van der Waals surface area contributed by atoms with Crippen LogP contribution < -0.4 is 5.69 Å². The van der Waals surface area contributed by atoms with Crippen molar-refractivity contribution in [2.45, 2.75) is 13.0 Å². The number of aromatic nitrogens is 3. The van der Waals surface area contributed by atoms with Gasteiger partial charge in [-0.15, -0.1) is 0 Å². The average Bonchev–Trinajstić information content (AvgIpc) is 2.96. The molecule has 1 aliphatic heterocycles. The highest BCUT2D eigenvalue weighted by Gasteiger charge is 2.16. The molecule has 0 radical (unpaired) electrons. The van der Waals surface area contributed by atoms with Crippen molar-refractivity contribution in [3.8, 4) is 5.69 Å². The van der Waals surface area contributed by atoms with Crippen molar-refractivity contribution >= 4 is 11.2 Å². The lowest BCUT2D eigenvalue weighted by molar-refractivity contribution is 0.151. The van der Waals surface area contributed by atoms with Crippen molar-refractivity contribution in [2.75, 3.05) is 39.8 Å². The van der Waals surface area contributed by atoms with Crippen molar-refractivity contribution in [2.24, 2.45) is 0 Å². The molecule has 0 amide bonds. The number of likely N-dealkylation sites (N-methyl/N-ethyl adjacent to an activating group) is 1. The summed E-state index contributed by atoms with van der Waals surface area (Å²) in [6, 6.07) is 13.6. The molecule has 6 nitrogen and oxygen atoms in total. The van der Waals surface area contributed by atoms with Crippen LogP contribution in [-0.4, -0.2) is 63.7 Å². The maximum Gasteiger partial charge on any atom is 0.334 e. The van der Waals surface area contributed by atoms with E-state index in [0.29, 0.717) is 6.54 Å². The number of pyridine rings is 1. The second-order valence-electron chi connectivity index (χ2n) is 6.95. The smallest absolute Gasteiger partial charge is 0.304 e. The number of piperazine rings is 1. The molecule has 26 heavy (non-hydrogen) atoms. The van der Waals surface area contributed by atoms with Crippen LogP contribution in [0.5, 0.6) is 0 Å². The maximum atomic E-state index is 13.1. The van der Waals surface area contributed by atoms with E-state index in [-0.39, 0.29) is 5.69 Å². The monoisotopic (exact) mass is 351 g/mol. The topological polar surface area (TPSA) is 46.3 Å². The second-order valence-corrected chi connectivity index (χ2v) is 6.95. The van der Waals surface area contributed by atoms with E-state index in [1.54, 1.807) is 10.8 Å². The first-order valence-corrected chi connectivity index (χ1v) is 9.26. The first-order chi connectivity index (χ1) is 12.7. The number of hydrogen-bond acceptors (Lipinski definition) is 4. The molecule has 6 heteroatoms. The van der Waals surface area contributed by atoms with Gasteiger partial charge in [-0.05, 0) is 44.3 Å². The Kier molecular flexibility index (Phi) is 4.86. The van der Waals surface area contributed by atoms with Crippen molar-refractivity contribution in [3.63, 3.8) is 0 Å². The summed E-state index contributed by atoms with van der Waals surface area (Å²) in [5.41, 5.74) is 2.48. The fraction of sp³-hybridized carbons (Fsp3) is 0.400. The molecule has 4 rings (SSSR count). The van der Waals surface area contributed by atoms with Crippen LogP contribution in [0.4, 0.5) is 0 Å². The van der Waals surface area contributed by atoms with E-state index in [1.165, 1.54) is 0 Å². The molecule has 3 aromatic rings. The average molecular weight is 351 g/mol. The quantitative estimate of drug-likeness (QED) is 0.704. The summed E-state index contributed by atoms with van der Waals surface area (Å²) in [7, 11) is 2.17. The molecular weight excluding hydrogens is 326 g/mol. The van der Waals surface area contributed by atoms with Gasteiger partial charge in [0, 0.05) is 38.9 Å². The summed E-state index contributed by atoms with van der Waals surface area (Å²) in [4.78, 5) is 22.4. The zero-order valence-electron chi connectivity index (χ0n) is 15.2. The van der Waals surface area contributed by atoms with E-state index in [1.807, 2.05) is 47.0 Å². The molecule has 1 saturated heterocycles. The molecule has 2 aromatic heterocycles. The first-order valence-electron chi connectivity index (χ1n) is 9.26. The van der Waals surface area contributed by atoms with E-state index in [0.717, 1.165) is 56.0 Å². The fourth-order valence-electron chi connectivity index (χ4n) is 3.64. The maximum absolute atomic E-state index is 13.1. The number of benzene rings is 1. The van der Waals surface area contributed by atoms with Crippen LogP contribution >= 0.6 is 0 Å². The summed E-state index contributed by atoms with van der Waals surface area (Å²) >= 11 is 0. The van der Waals surface area contributed by atoms with Gasteiger partial charge in [0.15, 0.2) is 5.65 Å². The minimum absolute atomic E-state index is 0.0109. The molecule has 0 atom stereocenters. The van der Waals surface area contributed by atoms with Gasteiger partial charge in [-0.1, -0.05) is 18.2 Å². The Morgan fingerprint density at radius 3 is 2.50 bits per heavy atom. The SMILES string of the molecule is CN1CCN(CCCn2c(=O)n(-c3ccccc3)c3ncccc32)CC1. The zero-order chi connectivity index (χ0) is 17.9. The Labute approximate surface area is 153 Å². The molecule has 136 valence electrons. The van der Waals surface area contributed by atoms with Crippen molar-refractivity contribution in [3.05, 3.63) is 59.1 Å². The van der Waals surface area contributed by atoms with Crippen LogP contribution in [0.15, 0.2) is 53.5 Å². The molecule has 0 saturated carbocycles. The molecule has 1 fully saturated rings. The predicted molar refractivity (Wildman–Crippen MR) is 104 cm³/mol. The van der Waals surface area contributed by atoms with Gasteiger partial charge in [0.2, 0.25) is 0 Å². The van der Waals surface area contributed by atoms with Crippen molar-refractivity contribution in [1.82, 2.24) is 23.9 Å². The van der Waals surface area contributed by atoms with Gasteiger partial charge in [-0.2, -0.15) is 0 Å². The zero-order valence-corrected chi connectivity index (χ0v) is 15.2. The lowest BCUT2D eigenvalue weighted by atomic mass is 10.3. The van der Waals surface area contributed by atoms with Gasteiger partial charge in [0.1, 0.15) is 0 Å². The molecular formula is C20H25N5O. The summed E-state index contributed by atoms with van der Waals surface area (Å²) in [6.07, 6.45) is 2.71. The minimum Gasteiger partial charge on any atom is -0.304 e. The Bertz CT molecular complexity index is 922. The normalized spacial score (nSPS) is 16.3. The minimum atomic E-state index is -0.0109. The number of fused-ring (bicyclic) bond motifs is 1. The third-order valence-electron chi connectivity index (χ3n) is 5.16. The summed E-state index contributed by atoms with van der Waals surface area (Å²) in [6.45, 7) is 6.21. The van der Waals surface area contributed by atoms with E-state index in [2.05, 4.69) is 21.8 Å². The first kappa shape index (κ1) is 17.0. The lowest BCUT2D eigenvalue weighted by Gasteiger charge is -2.32. The van der Waals surface area contributed by atoms with Gasteiger partial charge < -0.3 is 9.80 Å². The third-order valence-corrected chi connectivity index (χ3v) is 5.16. The van der Waals surface area contributed by atoms with Gasteiger partial charge in [-0.3, -0.25) is 4.57 Å². The largest absolute Gasteiger partial charge is 0.334 e. The van der Waals surface area contributed by atoms with Crippen molar-refractivity contribution < 1.29 is 0 Å². The number of aryl methyl sites for hydroxylation is 1. The van der Waals surface area contributed by atoms with Gasteiger partial charge in [-0.25, -0.2) is 14.3 Å². The lowest BCUT2D eigenvalue weighted by Crippen LogP contribution is -2.44. The molecule has 1 aliphatic rings. The van der Waals surface area contributed by atoms with E-state index < -0.39 is 0 Å². The molecule has 1 aromatic carbocycles. The van der Waals surface area contributed by atoms with Crippen LogP contribution in [0.25, 0.3) is 16.9 Å². The Morgan fingerprint density at radius 1 is 0.962 bits per heavy atom. The molecule has 0 spiro atoms. The molecule has 0 bridgehead atoms. The van der Waals surface area contributed by atoms with E-state index >= 15 is 0 Å². The predicted octanol–water partition coefficient (Wildman–Crippen LogP) is 1.82. The van der Waals surface area contributed by atoms with Crippen LogP contribution in [0.1, 0.15) is 6.42 Å². The molecule has 0 aliphatic carbocycles. The molecule has 0 N–H and O–H groups in total. The van der Waals surface area contributed by atoms with Gasteiger partial charge >= 0.3 is 5.69 Å². The number of nitrogens with zero attached hydrogens (tertiary/aromatic N) is 5. The Balaban J connectivity index is 1.58.